The molecule has 1 saturated heterocycles. The van der Waals surface area contributed by atoms with E-state index in [1.807, 2.05) is 20.2 Å². The van der Waals surface area contributed by atoms with E-state index in [9.17, 15) is 0 Å². The van der Waals surface area contributed by atoms with E-state index in [4.69, 9.17) is 0 Å². The fourth-order valence-electron chi connectivity index (χ4n) is 2.84. The van der Waals surface area contributed by atoms with Gasteiger partial charge in [-0.05, 0) is 54.7 Å². The summed E-state index contributed by atoms with van der Waals surface area (Å²) >= 11 is 0. The summed E-state index contributed by atoms with van der Waals surface area (Å²) < 4.78 is 0. The maximum absolute atomic E-state index is 4.02. The molecule has 0 spiro atoms. The van der Waals surface area contributed by atoms with Gasteiger partial charge in [0.2, 0.25) is 0 Å². The number of nitrogens with one attached hydrogen (secondary N) is 2. The third kappa shape index (κ3) is 3.73. The van der Waals surface area contributed by atoms with Crippen molar-refractivity contribution < 1.29 is 0 Å². The SMILES string of the molecule is C=C/C(=C\C(=C/NC)N1CCCC1)c1cc(NC)ccc1C. The highest BCUT2D eigenvalue weighted by atomic mass is 15.2. The molecular weight excluding hydrogens is 270 g/mol. The first-order chi connectivity index (χ1) is 10.7. The minimum atomic E-state index is 1.12. The van der Waals surface area contributed by atoms with Gasteiger partial charge in [-0.25, -0.2) is 0 Å². The van der Waals surface area contributed by atoms with Crippen LogP contribution in [0.3, 0.4) is 0 Å². The molecule has 1 aliphatic rings. The first-order valence-electron chi connectivity index (χ1n) is 7.95. The number of hydrogen-bond acceptors (Lipinski definition) is 3. The van der Waals surface area contributed by atoms with Crippen molar-refractivity contribution in [1.29, 1.82) is 0 Å². The predicted octanol–water partition coefficient (Wildman–Crippen LogP) is 3.76. The number of hydrogen-bond donors (Lipinski definition) is 2. The molecule has 0 amide bonds. The van der Waals surface area contributed by atoms with E-state index < -0.39 is 0 Å². The second-order valence-corrected chi connectivity index (χ2v) is 5.64. The molecule has 0 aliphatic carbocycles. The standard InChI is InChI=1S/C19H27N3/c1-5-16(19-13-17(21-4)9-8-15(19)2)12-18(14-20-3)22-10-6-7-11-22/h5,8-9,12-14,20-21H,1,6-7,10-11H2,2-4H3/b16-12+,18-14+. The molecule has 0 radical (unpaired) electrons. The van der Waals surface area contributed by atoms with Crippen LogP contribution in [0.4, 0.5) is 5.69 Å². The molecule has 1 aromatic carbocycles. The number of aryl methyl sites for hydroxylation is 1. The summed E-state index contributed by atoms with van der Waals surface area (Å²) in [6.07, 6.45) is 8.79. The zero-order chi connectivity index (χ0) is 15.9. The van der Waals surface area contributed by atoms with E-state index >= 15 is 0 Å². The van der Waals surface area contributed by atoms with Crippen molar-refractivity contribution in [3.8, 4) is 0 Å². The number of benzene rings is 1. The van der Waals surface area contributed by atoms with Crippen LogP contribution in [-0.2, 0) is 0 Å². The highest BCUT2D eigenvalue weighted by Crippen LogP contribution is 2.26. The predicted molar refractivity (Wildman–Crippen MR) is 96.8 cm³/mol. The number of nitrogens with zero attached hydrogens (tertiary/aromatic N) is 1. The van der Waals surface area contributed by atoms with Gasteiger partial charge in [-0.1, -0.05) is 18.7 Å². The first-order valence-corrected chi connectivity index (χ1v) is 7.95. The quantitative estimate of drug-likeness (QED) is 0.783. The van der Waals surface area contributed by atoms with E-state index in [2.05, 4.69) is 59.5 Å². The molecule has 3 nitrogen and oxygen atoms in total. The maximum Gasteiger partial charge on any atom is 0.0531 e. The summed E-state index contributed by atoms with van der Waals surface area (Å²) in [7, 11) is 3.90. The molecule has 2 N–H and O–H groups in total. The van der Waals surface area contributed by atoms with Gasteiger partial charge in [0.15, 0.2) is 0 Å². The third-order valence-corrected chi connectivity index (χ3v) is 4.12. The summed E-state index contributed by atoms with van der Waals surface area (Å²) in [4.78, 5) is 2.43. The van der Waals surface area contributed by atoms with Crippen LogP contribution in [0.15, 0.2) is 48.8 Å². The smallest absolute Gasteiger partial charge is 0.0531 e. The summed E-state index contributed by atoms with van der Waals surface area (Å²) in [6.45, 7) is 8.42. The Kier molecular flexibility index (Phi) is 5.70. The highest BCUT2D eigenvalue weighted by molar-refractivity contribution is 5.79. The Morgan fingerprint density at radius 3 is 2.55 bits per heavy atom. The summed E-state index contributed by atoms with van der Waals surface area (Å²) in [6, 6.07) is 6.43. The van der Waals surface area contributed by atoms with Crippen molar-refractivity contribution in [3.63, 3.8) is 0 Å². The molecule has 0 unspecified atom stereocenters. The van der Waals surface area contributed by atoms with Crippen molar-refractivity contribution in [1.82, 2.24) is 10.2 Å². The van der Waals surface area contributed by atoms with Crippen LogP contribution in [-0.4, -0.2) is 32.1 Å². The number of likely N-dealkylation sites (tertiary alicyclic amines) is 1. The van der Waals surface area contributed by atoms with Crippen LogP contribution in [0, 0.1) is 6.92 Å². The Hall–Kier alpha value is -2.16. The molecule has 22 heavy (non-hydrogen) atoms. The molecule has 0 saturated carbocycles. The van der Waals surface area contributed by atoms with Gasteiger partial charge in [0.05, 0.1) is 5.70 Å². The maximum atomic E-state index is 4.02. The van der Waals surface area contributed by atoms with Crippen LogP contribution < -0.4 is 10.6 Å². The monoisotopic (exact) mass is 297 g/mol. The lowest BCUT2D eigenvalue weighted by Crippen LogP contribution is -2.19. The zero-order valence-corrected chi connectivity index (χ0v) is 13.9. The number of anilines is 1. The lowest BCUT2D eigenvalue weighted by Gasteiger charge is -2.20. The molecule has 0 atom stereocenters. The summed E-state index contributed by atoms with van der Waals surface area (Å²) in [5, 5.41) is 6.38. The van der Waals surface area contributed by atoms with E-state index in [1.54, 1.807) is 0 Å². The van der Waals surface area contributed by atoms with Crippen LogP contribution in [0.5, 0.6) is 0 Å². The largest absolute Gasteiger partial charge is 0.392 e. The molecule has 1 aliphatic heterocycles. The second kappa shape index (κ2) is 7.74. The molecule has 3 heteroatoms. The third-order valence-electron chi connectivity index (χ3n) is 4.12. The van der Waals surface area contributed by atoms with Crippen LogP contribution in [0.1, 0.15) is 24.0 Å². The molecule has 0 bridgehead atoms. The Morgan fingerprint density at radius 1 is 1.23 bits per heavy atom. The Morgan fingerprint density at radius 2 is 1.95 bits per heavy atom. The van der Waals surface area contributed by atoms with Crippen molar-refractivity contribution >= 4 is 11.3 Å². The van der Waals surface area contributed by atoms with Gasteiger partial charge < -0.3 is 15.5 Å². The van der Waals surface area contributed by atoms with E-state index in [0.717, 1.165) is 24.4 Å². The summed E-state index contributed by atoms with van der Waals surface area (Å²) in [5.74, 6) is 0. The van der Waals surface area contributed by atoms with Crippen molar-refractivity contribution in [2.24, 2.45) is 0 Å². The van der Waals surface area contributed by atoms with Crippen LogP contribution >= 0.6 is 0 Å². The van der Waals surface area contributed by atoms with Gasteiger partial charge in [0.25, 0.3) is 0 Å². The van der Waals surface area contributed by atoms with Gasteiger partial charge in [0, 0.05) is 39.1 Å². The highest BCUT2D eigenvalue weighted by Gasteiger charge is 2.14. The van der Waals surface area contributed by atoms with Gasteiger partial charge in [-0.2, -0.15) is 0 Å². The van der Waals surface area contributed by atoms with Gasteiger partial charge in [-0.3, -0.25) is 0 Å². The van der Waals surface area contributed by atoms with Crippen LogP contribution in [0.2, 0.25) is 0 Å². The van der Waals surface area contributed by atoms with Crippen molar-refractivity contribution in [2.45, 2.75) is 19.8 Å². The first kappa shape index (κ1) is 16.2. The molecular formula is C19H27N3. The Bertz CT molecular complexity index is 578. The lowest BCUT2D eigenvalue weighted by molar-refractivity contribution is 0.438. The fourth-order valence-corrected chi connectivity index (χ4v) is 2.84. The molecule has 1 fully saturated rings. The fraction of sp³-hybridized carbons (Fsp3) is 0.368. The molecule has 0 aromatic heterocycles. The van der Waals surface area contributed by atoms with Gasteiger partial charge in [-0.15, -0.1) is 0 Å². The average Bonchev–Trinajstić information content (AvgIpc) is 3.06. The van der Waals surface area contributed by atoms with Crippen LogP contribution in [0.25, 0.3) is 5.57 Å². The Balaban J connectivity index is 2.40. The van der Waals surface area contributed by atoms with E-state index in [0.29, 0.717) is 0 Å². The average molecular weight is 297 g/mol. The Labute approximate surface area is 134 Å². The zero-order valence-electron chi connectivity index (χ0n) is 13.9. The molecule has 1 heterocycles. The van der Waals surface area contributed by atoms with E-state index in [1.165, 1.54) is 29.7 Å². The number of allylic oxidation sites excluding steroid dienone is 3. The number of rotatable bonds is 6. The van der Waals surface area contributed by atoms with Crippen molar-refractivity contribution in [2.75, 3.05) is 32.5 Å². The topological polar surface area (TPSA) is 27.3 Å². The van der Waals surface area contributed by atoms with Crippen molar-refractivity contribution in [3.05, 3.63) is 60.0 Å². The van der Waals surface area contributed by atoms with Gasteiger partial charge in [0.1, 0.15) is 0 Å². The second-order valence-electron chi connectivity index (χ2n) is 5.64. The van der Waals surface area contributed by atoms with Gasteiger partial charge >= 0.3 is 0 Å². The molecule has 118 valence electrons. The molecule has 2 rings (SSSR count). The molecule has 1 aromatic rings. The minimum Gasteiger partial charge on any atom is -0.392 e. The summed E-state index contributed by atoms with van der Waals surface area (Å²) in [5.41, 5.74) is 5.99. The normalized spacial score (nSPS) is 15.9. The lowest BCUT2D eigenvalue weighted by atomic mass is 9.98. The minimum absolute atomic E-state index is 1.12. The van der Waals surface area contributed by atoms with E-state index in [-0.39, 0.29) is 0 Å².